The SMILES string of the molecule is CCOC(=O)c1cc(C#CCC(=O)OC)ccc1F. The molecule has 0 N–H and O–H groups in total. The molecule has 0 aliphatic rings. The zero-order valence-corrected chi connectivity index (χ0v) is 10.7. The summed E-state index contributed by atoms with van der Waals surface area (Å²) in [7, 11) is 1.26. The second kappa shape index (κ2) is 7.17. The van der Waals surface area contributed by atoms with Gasteiger partial charge in [-0.2, -0.15) is 0 Å². The van der Waals surface area contributed by atoms with Crippen LogP contribution in [0.4, 0.5) is 4.39 Å². The van der Waals surface area contributed by atoms with Gasteiger partial charge in [0.25, 0.3) is 0 Å². The molecule has 0 heterocycles. The van der Waals surface area contributed by atoms with Crippen LogP contribution >= 0.6 is 0 Å². The lowest BCUT2D eigenvalue weighted by molar-refractivity contribution is -0.139. The molecule has 0 atom stereocenters. The highest BCUT2D eigenvalue weighted by atomic mass is 19.1. The molecule has 0 aliphatic heterocycles. The molecule has 100 valence electrons. The Bertz CT molecular complexity index is 540. The van der Waals surface area contributed by atoms with E-state index in [1.165, 1.54) is 19.2 Å². The fraction of sp³-hybridized carbons (Fsp3) is 0.286. The highest BCUT2D eigenvalue weighted by Gasteiger charge is 2.12. The summed E-state index contributed by atoms with van der Waals surface area (Å²) in [5, 5.41) is 0. The lowest BCUT2D eigenvalue weighted by Crippen LogP contribution is -2.07. The Morgan fingerprint density at radius 3 is 2.74 bits per heavy atom. The molecule has 1 aromatic rings. The van der Waals surface area contributed by atoms with Gasteiger partial charge in [0.2, 0.25) is 0 Å². The predicted octanol–water partition coefficient (Wildman–Crippen LogP) is 1.92. The van der Waals surface area contributed by atoms with E-state index in [4.69, 9.17) is 4.74 Å². The van der Waals surface area contributed by atoms with E-state index >= 15 is 0 Å². The third-order valence-electron chi connectivity index (χ3n) is 2.15. The van der Waals surface area contributed by atoms with E-state index in [-0.39, 0.29) is 18.6 Å². The van der Waals surface area contributed by atoms with Gasteiger partial charge in [-0.3, -0.25) is 4.79 Å². The fourth-order valence-corrected chi connectivity index (χ4v) is 1.26. The first-order chi connectivity index (χ1) is 9.08. The quantitative estimate of drug-likeness (QED) is 0.618. The number of rotatable bonds is 3. The molecule has 0 fully saturated rings. The highest BCUT2D eigenvalue weighted by molar-refractivity contribution is 5.90. The summed E-state index contributed by atoms with van der Waals surface area (Å²) in [5.74, 6) is 3.35. The van der Waals surface area contributed by atoms with Crippen molar-refractivity contribution < 1.29 is 23.5 Å². The Morgan fingerprint density at radius 1 is 1.37 bits per heavy atom. The van der Waals surface area contributed by atoms with Gasteiger partial charge < -0.3 is 9.47 Å². The smallest absolute Gasteiger partial charge is 0.341 e. The van der Waals surface area contributed by atoms with Crippen LogP contribution in [0.5, 0.6) is 0 Å². The Morgan fingerprint density at radius 2 is 2.11 bits per heavy atom. The van der Waals surface area contributed by atoms with Gasteiger partial charge in [0.15, 0.2) is 0 Å². The van der Waals surface area contributed by atoms with Crippen LogP contribution < -0.4 is 0 Å². The number of carbonyl (C=O) groups excluding carboxylic acids is 2. The minimum Gasteiger partial charge on any atom is -0.468 e. The topological polar surface area (TPSA) is 52.6 Å². The van der Waals surface area contributed by atoms with Crippen LogP contribution in [0.3, 0.4) is 0 Å². The van der Waals surface area contributed by atoms with Gasteiger partial charge in [-0.1, -0.05) is 11.8 Å². The van der Waals surface area contributed by atoms with E-state index in [1.807, 2.05) is 0 Å². The van der Waals surface area contributed by atoms with Crippen molar-refractivity contribution in [2.75, 3.05) is 13.7 Å². The Balaban J connectivity index is 2.90. The molecule has 19 heavy (non-hydrogen) atoms. The zero-order valence-electron chi connectivity index (χ0n) is 10.7. The number of hydrogen-bond donors (Lipinski definition) is 0. The average Bonchev–Trinajstić information content (AvgIpc) is 2.40. The molecule has 0 saturated carbocycles. The van der Waals surface area contributed by atoms with Gasteiger partial charge in [0, 0.05) is 5.56 Å². The van der Waals surface area contributed by atoms with Crippen LogP contribution in [0, 0.1) is 17.7 Å². The normalized spacial score (nSPS) is 9.21. The Labute approximate surface area is 110 Å². The third-order valence-corrected chi connectivity index (χ3v) is 2.15. The lowest BCUT2D eigenvalue weighted by Gasteiger charge is -2.03. The molecule has 4 nitrogen and oxygen atoms in total. The summed E-state index contributed by atoms with van der Waals surface area (Å²) in [6.07, 6.45) is -0.0668. The van der Waals surface area contributed by atoms with Crippen LogP contribution in [0.1, 0.15) is 29.3 Å². The fourth-order valence-electron chi connectivity index (χ4n) is 1.26. The second-order valence-corrected chi connectivity index (χ2v) is 3.47. The Kier molecular flexibility index (Phi) is 5.55. The van der Waals surface area contributed by atoms with Crippen molar-refractivity contribution in [2.24, 2.45) is 0 Å². The van der Waals surface area contributed by atoms with Gasteiger partial charge in [-0.05, 0) is 25.1 Å². The van der Waals surface area contributed by atoms with Crippen LogP contribution in [0.2, 0.25) is 0 Å². The van der Waals surface area contributed by atoms with Gasteiger partial charge in [-0.15, -0.1) is 0 Å². The van der Waals surface area contributed by atoms with Gasteiger partial charge in [-0.25, -0.2) is 9.18 Å². The van der Waals surface area contributed by atoms with Crippen molar-refractivity contribution in [2.45, 2.75) is 13.3 Å². The molecule has 0 aromatic heterocycles. The van der Waals surface area contributed by atoms with E-state index in [0.29, 0.717) is 5.56 Å². The minimum absolute atomic E-state index is 0.0668. The monoisotopic (exact) mass is 264 g/mol. The molecule has 0 spiro atoms. The van der Waals surface area contributed by atoms with Gasteiger partial charge >= 0.3 is 11.9 Å². The third kappa shape index (κ3) is 4.43. The number of ether oxygens (including phenoxy) is 2. The summed E-state index contributed by atoms with van der Waals surface area (Å²) < 4.78 is 22.6. The predicted molar refractivity (Wildman–Crippen MR) is 65.9 cm³/mol. The molecule has 0 amide bonds. The first-order valence-electron chi connectivity index (χ1n) is 5.60. The maximum atomic E-state index is 13.4. The van der Waals surface area contributed by atoms with Crippen LogP contribution in [-0.2, 0) is 14.3 Å². The molecule has 0 unspecified atom stereocenters. The second-order valence-electron chi connectivity index (χ2n) is 3.47. The number of methoxy groups -OCH3 is 1. The lowest BCUT2D eigenvalue weighted by atomic mass is 10.1. The molecule has 5 heteroatoms. The van der Waals surface area contributed by atoms with Crippen LogP contribution in [0.25, 0.3) is 0 Å². The molecule has 1 rings (SSSR count). The summed E-state index contributed by atoms with van der Waals surface area (Å²) in [4.78, 5) is 22.3. The summed E-state index contributed by atoms with van der Waals surface area (Å²) in [5.41, 5.74) is 0.250. The van der Waals surface area contributed by atoms with Gasteiger partial charge in [0.05, 0.1) is 19.3 Å². The number of hydrogen-bond acceptors (Lipinski definition) is 4. The van der Waals surface area contributed by atoms with Gasteiger partial charge in [0.1, 0.15) is 12.2 Å². The standard InChI is InChI=1S/C14H13FO4/c1-3-19-14(17)11-9-10(7-8-12(11)15)5-4-6-13(16)18-2/h7-9H,3,6H2,1-2H3. The maximum absolute atomic E-state index is 13.4. The number of halogens is 1. The van der Waals surface area contributed by atoms with E-state index < -0.39 is 17.8 Å². The molecule has 0 saturated heterocycles. The van der Waals surface area contributed by atoms with Crippen molar-refractivity contribution in [3.05, 3.63) is 35.1 Å². The van der Waals surface area contributed by atoms with Crippen molar-refractivity contribution >= 4 is 11.9 Å². The van der Waals surface area contributed by atoms with Crippen molar-refractivity contribution in [3.8, 4) is 11.8 Å². The van der Waals surface area contributed by atoms with Crippen molar-refractivity contribution in [1.82, 2.24) is 0 Å². The first kappa shape index (κ1) is 14.7. The summed E-state index contributed by atoms with van der Waals surface area (Å²) >= 11 is 0. The average molecular weight is 264 g/mol. The minimum atomic E-state index is -0.739. The molecule has 0 radical (unpaired) electrons. The van der Waals surface area contributed by atoms with E-state index in [2.05, 4.69) is 16.6 Å². The number of carbonyl (C=O) groups is 2. The number of esters is 2. The first-order valence-corrected chi connectivity index (χ1v) is 5.60. The summed E-state index contributed by atoms with van der Waals surface area (Å²) in [6, 6.07) is 3.84. The zero-order chi connectivity index (χ0) is 14.3. The number of benzene rings is 1. The van der Waals surface area contributed by atoms with Crippen molar-refractivity contribution in [1.29, 1.82) is 0 Å². The van der Waals surface area contributed by atoms with E-state index in [0.717, 1.165) is 6.07 Å². The molecule has 0 bridgehead atoms. The largest absolute Gasteiger partial charge is 0.468 e. The highest BCUT2D eigenvalue weighted by Crippen LogP contribution is 2.11. The molecule has 1 aromatic carbocycles. The van der Waals surface area contributed by atoms with Crippen molar-refractivity contribution in [3.63, 3.8) is 0 Å². The van der Waals surface area contributed by atoms with E-state index in [9.17, 15) is 14.0 Å². The molecular formula is C14H13FO4. The van der Waals surface area contributed by atoms with Crippen LogP contribution in [0.15, 0.2) is 18.2 Å². The molecular weight excluding hydrogens is 251 g/mol. The van der Waals surface area contributed by atoms with E-state index in [1.54, 1.807) is 6.92 Å². The summed E-state index contributed by atoms with van der Waals surface area (Å²) in [6.45, 7) is 1.80. The molecule has 0 aliphatic carbocycles. The maximum Gasteiger partial charge on any atom is 0.341 e. The van der Waals surface area contributed by atoms with Crippen LogP contribution in [-0.4, -0.2) is 25.7 Å². The Hall–Kier alpha value is -2.35.